The molecule has 0 amide bonds. The minimum Gasteiger partial charge on any atom is -0.334 e. The number of hydrogen-bond acceptors (Lipinski definition) is 1. The Morgan fingerprint density at radius 3 is 1.24 bits per heavy atom. The summed E-state index contributed by atoms with van der Waals surface area (Å²) < 4.78 is 0. The monoisotopic (exact) mass is 286 g/mol. The number of halogens is 1. The molecule has 2 rings (SSSR count). The first-order valence-electron chi connectivity index (χ1n) is 4.82. The second-order valence-electron chi connectivity index (χ2n) is 3.20. The van der Waals surface area contributed by atoms with Crippen LogP contribution >= 0.6 is 17.1 Å². The number of rotatable bonds is 1. The van der Waals surface area contributed by atoms with E-state index in [0.29, 0.717) is 0 Å². The van der Waals surface area contributed by atoms with Gasteiger partial charge in [0.25, 0.3) is 5.84 Å². The van der Waals surface area contributed by atoms with Crippen LogP contribution < -0.4 is 0 Å². The quantitative estimate of drug-likeness (QED) is 0.784. The van der Waals surface area contributed by atoms with Crippen LogP contribution in [0.15, 0.2) is 60.7 Å². The van der Waals surface area contributed by atoms with Gasteiger partial charge in [0.15, 0.2) is 0 Å². The minimum absolute atomic E-state index is 1.28. The molecule has 0 fully saturated rings. The molecule has 90 valence electrons. The molecule has 0 unspecified atom stereocenters. The van der Waals surface area contributed by atoms with E-state index in [4.69, 9.17) is 9.79 Å². The molecule has 0 aliphatic rings. The Balaban J connectivity index is 0.000000249. The smallest absolute Gasteiger partial charge is 0.276 e. The summed E-state index contributed by atoms with van der Waals surface area (Å²) in [6.07, 6.45) is 0. The molecule has 5 heteroatoms. The molecular formula is C12H12ClO2PS. The van der Waals surface area contributed by atoms with Crippen LogP contribution in [-0.2, 0) is 11.8 Å². The lowest BCUT2D eigenvalue weighted by Gasteiger charge is -1.98. The average Bonchev–Trinajstić information content (AvgIpc) is 2.29. The highest BCUT2D eigenvalue weighted by molar-refractivity contribution is 8.21. The Morgan fingerprint density at radius 2 is 1.00 bits per heavy atom. The molecule has 2 nitrogen and oxygen atoms in total. The van der Waals surface area contributed by atoms with Gasteiger partial charge >= 0.3 is 0 Å². The predicted molar refractivity (Wildman–Crippen MR) is 76.5 cm³/mol. The molecule has 0 radical (unpaired) electrons. The average molecular weight is 287 g/mol. The van der Waals surface area contributed by atoms with Crippen molar-refractivity contribution >= 4 is 28.9 Å². The van der Waals surface area contributed by atoms with Crippen LogP contribution in [0.25, 0.3) is 11.1 Å². The summed E-state index contributed by atoms with van der Waals surface area (Å²) in [5.41, 5.74) is 2.55. The fourth-order valence-corrected chi connectivity index (χ4v) is 1.26. The van der Waals surface area contributed by atoms with Crippen LogP contribution in [-0.4, -0.2) is 9.79 Å². The van der Waals surface area contributed by atoms with E-state index in [1.807, 2.05) is 12.1 Å². The Hall–Kier alpha value is -0.700. The fraction of sp³-hybridized carbons (Fsp3) is 0. The van der Waals surface area contributed by atoms with Gasteiger partial charge in [0.1, 0.15) is 0 Å². The standard InChI is InChI=1S/C12H10.ClH2O2PS/c1-3-7-11(8-4-1)12-9-5-2-6-10-12;1-4(2,3)5/h1-10H;(H2,2,3,5). The van der Waals surface area contributed by atoms with E-state index >= 15 is 0 Å². The molecule has 0 aromatic heterocycles. The summed E-state index contributed by atoms with van der Waals surface area (Å²) in [5.74, 6) is -3.33. The van der Waals surface area contributed by atoms with Crippen molar-refractivity contribution < 1.29 is 9.79 Å². The van der Waals surface area contributed by atoms with Gasteiger partial charge in [-0.25, -0.2) is 0 Å². The topological polar surface area (TPSA) is 40.5 Å². The van der Waals surface area contributed by atoms with Crippen molar-refractivity contribution in [3.8, 4) is 11.1 Å². The van der Waals surface area contributed by atoms with Gasteiger partial charge in [-0.15, -0.1) is 0 Å². The fourth-order valence-electron chi connectivity index (χ4n) is 1.26. The summed E-state index contributed by atoms with van der Waals surface area (Å²) >= 11 is 8.38. The molecular weight excluding hydrogens is 275 g/mol. The summed E-state index contributed by atoms with van der Waals surface area (Å²) in [6.45, 7) is 0. The summed E-state index contributed by atoms with van der Waals surface area (Å²) in [6, 6.07) is 20.8. The first kappa shape index (κ1) is 14.4. The van der Waals surface area contributed by atoms with Crippen LogP contribution in [0.5, 0.6) is 0 Å². The maximum Gasteiger partial charge on any atom is 0.276 e. The molecule has 17 heavy (non-hydrogen) atoms. The van der Waals surface area contributed by atoms with Crippen molar-refractivity contribution in [1.82, 2.24) is 0 Å². The van der Waals surface area contributed by atoms with Crippen LogP contribution in [0.1, 0.15) is 0 Å². The van der Waals surface area contributed by atoms with Crippen molar-refractivity contribution in [2.75, 3.05) is 0 Å². The van der Waals surface area contributed by atoms with Crippen molar-refractivity contribution in [1.29, 1.82) is 0 Å². The van der Waals surface area contributed by atoms with E-state index in [-0.39, 0.29) is 0 Å². The predicted octanol–water partition coefficient (Wildman–Crippen LogP) is 3.79. The van der Waals surface area contributed by atoms with Gasteiger partial charge in [-0.05, 0) is 34.2 Å². The zero-order valence-corrected chi connectivity index (χ0v) is 11.4. The van der Waals surface area contributed by atoms with Gasteiger partial charge in [-0.1, -0.05) is 60.7 Å². The van der Waals surface area contributed by atoms with E-state index in [1.54, 1.807) is 0 Å². The molecule has 2 aromatic carbocycles. The molecule has 0 heterocycles. The van der Waals surface area contributed by atoms with Gasteiger partial charge in [-0.2, -0.15) is 0 Å². The normalized spacial score (nSPS) is 10.3. The molecule has 0 spiro atoms. The van der Waals surface area contributed by atoms with Gasteiger partial charge in [0.2, 0.25) is 0 Å². The van der Waals surface area contributed by atoms with Crippen LogP contribution in [0.3, 0.4) is 0 Å². The molecule has 2 N–H and O–H groups in total. The third kappa shape index (κ3) is 7.27. The summed E-state index contributed by atoms with van der Waals surface area (Å²) in [7, 11) is 0. The molecule has 0 aliphatic heterocycles. The molecule has 0 saturated carbocycles. The molecule has 0 aliphatic carbocycles. The van der Waals surface area contributed by atoms with Crippen LogP contribution in [0, 0.1) is 0 Å². The first-order chi connectivity index (χ1) is 7.97. The minimum atomic E-state index is -3.33. The maximum atomic E-state index is 7.77. The van der Waals surface area contributed by atoms with E-state index in [0.717, 1.165) is 0 Å². The highest BCUT2D eigenvalue weighted by Crippen LogP contribution is 2.40. The Labute approximate surface area is 110 Å². The van der Waals surface area contributed by atoms with Crippen molar-refractivity contribution in [2.24, 2.45) is 0 Å². The highest BCUT2D eigenvalue weighted by Gasteiger charge is 1.93. The van der Waals surface area contributed by atoms with Crippen LogP contribution in [0.4, 0.5) is 0 Å². The van der Waals surface area contributed by atoms with Gasteiger partial charge in [-0.3, -0.25) is 0 Å². The molecule has 2 aromatic rings. The van der Waals surface area contributed by atoms with E-state index in [1.165, 1.54) is 11.1 Å². The second kappa shape index (κ2) is 6.90. The number of hydrogen-bond donors (Lipinski definition) is 2. The van der Waals surface area contributed by atoms with Crippen molar-refractivity contribution in [3.63, 3.8) is 0 Å². The molecule has 0 saturated heterocycles. The Kier molecular flexibility index (Phi) is 5.83. The van der Waals surface area contributed by atoms with Crippen molar-refractivity contribution in [3.05, 3.63) is 60.7 Å². The lowest BCUT2D eigenvalue weighted by molar-refractivity contribution is 0.500. The third-order valence-corrected chi connectivity index (χ3v) is 1.88. The second-order valence-corrected chi connectivity index (χ2v) is 7.69. The zero-order chi connectivity index (χ0) is 12.7. The number of benzene rings is 2. The highest BCUT2D eigenvalue weighted by atomic mass is 35.7. The third-order valence-electron chi connectivity index (χ3n) is 1.88. The lowest BCUT2D eigenvalue weighted by Crippen LogP contribution is -1.73. The Morgan fingerprint density at radius 1 is 0.765 bits per heavy atom. The maximum absolute atomic E-state index is 7.77. The van der Waals surface area contributed by atoms with Crippen molar-refractivity contribution in [2.45, 2.75) is 0 Å². The molecule has 0 atom stereocenters. The summed E-state index contributed by atoms with van der Waals surface area (Å²) in [4.78, 5) is 15.5. The van der Waals surface area contributed by atoms with Gasteiger partial charge in [0, 0.05) is 0 Å². The van der Waals surface area contributed by atoms with Gasteiger partial charge in [0.05, 0.1) is 0 Å². The lowest BCUT2D eigenvalue weighted by atomic mass is 10.1. The first-order valence-corrected chi connectivity index (χ1v) is 8.44. The van der Waals surface area contributed by atoms with E-state index < -0.39 is 5.84 Å². The summed E-state index contributed by atoms with van der Waals surface area (Å²) in [5, 5.41) is 0. The van der Waals surface area contributed by atoms with Gasteiger partial charge < -0.3 is 9.79 Å². The zero-order valence-electron chi connectivity index (χ0n) is 8.90. The SMILES string of the molecule is OP(O)(=S)Cl.c1ccc(-c2ccccc2)cc1. The Bertz CT molecular complexity index is 439. The largest absolute Gasteiger partial charge is 0.334 e. The van der Waals surface area contributed by atoms with E-state index in [9.17, 15) is 0 Å². The van der Waals surface area contributed by atoms with E-state index in [2.05, 4.69) is 71.6 Å². The van der Waals surface area contributed by atoms with Crippen LogP contribution in [0.2, 0.25) is 0 Å². The molecule has 0 bridgehead atoms.